The average Bonchev–Trinajstić information content (AvgIpc) is 2.88. The molecule has 0 radical (unpaired) electrons. The molecule has 17 heavy (non-hydrogen) atoms. The highest BCUT2D eigenvalue weighted by Crippen LogP contribution is 2.20. The number of rotatable bonds is 5. The molecule has 0 aliphatic carbocycles. The molecule has 0 bridgehead atoms. The Morgan fingerprint density at radius 2 is 2.53 bits per heavy atom. The second kappa shape index (κ2) is 4.64. The summed E-state index contributed by atoms with van der Waals surface area (Å²) in [6, 6.07) is 1.83. The summed E-state index contributed by atoms with van der Waals surface area (Å²) in [6.07, 6.45) is 4.92. The fourth-order valence-corrected chi connectivity index (χ4v) is 1.52. The minimum atomic E-state index is -0.504. The quantitative estimate of drug-likeness (QED) is 0.596. The number of nitro groups is 1. The van der Waals surface area contributed by atoms with E-state index in [1.165, 1.54) is 6.20 Å². The van der Waals surface area contributed by atoms with E-state index < -0.39 is 4.92 Å². The number of nitrogens with one attached hydrogen (secondary N) is 2. The molecule has 1 atom stereocenters. The lowest BCUT2D eigenvalue weighted by atomic mass is 10.3. The highest BCUT2D eigenvalue weighted by atomic mass is 16.6. The van der Waals surface area contributed by atoms with Gasteiger partial charge in [-0.3, -0.25) is 4.68 Å². The van der Waals surface area contributed by atoms with Crippen LogP contribution in [0.15, 0.2) is 24.7 Å². The predicted molar refractivity (Wildman–Crippen MR) is 60.6 cm³/mol. The van der Waals surface area contributed by atoms with Gasteiger partial charge in [-0.15, -0.1) is 5.10 Å². The van der Waals surface area contributed by atoms with Gasteiger partial charge in [0.25, 0.3) is 0 Å². The van der Waals surface area contributed by atoms with Crippen molar-refractivity contribution in [3.05, 3.63) is 34.8 Å². The highest BCUT2D eigenvalue weighted by Gasteiger charge is 2.16. The second-order valence-electron chi connectivity index (χ2n) is 3.66. The maximum atomic E-state index is 10.7. The van der Waals surface area contributed by atoms with Crippen molar-refractivity contribution in [3.8, 4) is 0 Å². The zero-order valence-electron chi connectivity index (χ0n) is 9.20. The molecule has 0 aliphatic heterocycles. The number of aromatic amines is 1. The van der Waals surface area contributed by atoms with Crippen molar-refractivity contribution in [2.24, 2.45) is 0 Å². The SMILES string of the molecule is CC(Cn1cccn1)Nc1cn[nH]c1[N+](=O)[O-]. The molecule has 0 aromatic carbocycles. The molecule has 2 aromatic heterocycles. The van der Waals surface area contributed by atoms with E-state index in [0.717, 1.165) is 0 Å². The molecule has 0 amide bonds. The molecule has 2 N–H and O–H groups in total. The van der Waals surface area contributed by atoms with E-state index in [4.69, 9.17) is 0 Å². The molecule has 1 unspecified atom stereocenters. The van der Waals surface area contributed by atoms with Crippen LogP contribution < -0.4 is 5.32 Å². The summed E-state index contributed by atoms with van der Waals surface area (Å²) >= 11 is 0. The van der Waals surface area contributed by atoms with E-state index in [2.05, 4.69) is 20.6 Å². The van der Waals surface area contributed by atoms with Crippen LogP contribution in [0.5, 0.6) is 0 Å². The van der Waals surface area contributed by atoms with E-state index in [0.29, 0.717) is 12.2 Å². The van der Waals surface area contributed by atoms with Gasteiger partial charge >= 0.3 is 5.82 Å². The number of nitrogens with zero attached hydrogens (tertiary/aromatic N) is 4. The van der Waals surface area contributed by atoms with Gasteiger partial charge in [0, 0.05) is 18.4 Å². The molecule has 2 heterocycles. The first-order valence-electron chi connectivity index (χ1n) is 5.08. The first-order chi connectivity index (χ1) is 8.16. The smallest absolute Gasteiger partial charge is 0.366 e. The van der Waals surface area contributed by atoms with Crippen molar-refractivity contribution in [3.63, 3.8) is 0 Å². The summed E-state index contributed by atoms with van der Waals surface area (Å²) in [4.78, 5) is 10.2. The first-order valence-corrected chi connectivity index (χ1v) is 5.08. The molecule has 0 saturated heterocycles. The van der Waals surface area contributed by atoms with Crippen LogP contribution in [-0.4, -0.2) is 30.9 Å². The fraction of sp³-hybridized carbons (Fsp3) is 0.333. The van der Waals surface area contributed by atoms with Gasteiger partial charge in [-0.1, -0.05) is 5.10 Å². The fourth-order valence-electron chi connectivity index (χ4n) is 1.52. The van der Waals surface area contributed by atoms with Gasteiger partial charge in [-0.2, -0.15) is 5.10 Å². The second-order valence-corrected chi connectivity index (χ2v) is 3.66. The van der Waals surface area contributed by atoms with Crippen LogP contribution in [0.3, 0.4) is 0 Å². The minimum absolute atomic E-state index is 0.00574. The predicted octanol–water partition coefficient (Wildman–Crippen LogP) is 1.01. The van der Waals surface area contributed by atoms with Gasteiger partial charge < -0.3 is 15.4 Å². The molecule has 0 spiro atoms. The zero-order valence-corrected chi connectivity index (χ0v) is 9.20. The number of H-pyrrole nitrogens is 1. The van der Waals surface area contributed by atoms with Gasteiger partial charge in [0.1, 0.15) is 6.20 Å². The first kappa shape index (κ1) is 11.1. The lowest BCUT2D eigenvalue weighted by Gasteiger charge is -2.13. The molecule has 2 rings (SSSR count). The van der Waals surface area contributed by atoms with Gasteiger partial charge in [0.15, 0.2) is 5.69 Å². The number of anilines is 1. The largest absolute Gasteiger partial charge is 0.373 e. The summed E-state index contributed by atoms with van der Waals surface area (Å²) in [5.74, 6) is -0.127. The lowest BCUT2D eigenvalue weighted by Crippen LogP contribution is -2.22. The summed E-state index contributed by atoms with van der Waals surface area (Å²) in [6.45, 7) is 2.54. The Bertz CT molecular complexity index is 491. The molecule has 0 aliphatic rings. The molecule has 90 valence electrons. The van der Waals surface area contributed by atoms with E-state index in [1.54, 1.807) is 10.9 Å². The van der Waals surface area contributed by atoms with Gasteiger partial charge in [0.2, 0.25) is 0 Å². The highest BCUT2D eigenvalue weighted by molar-refractivity contribution is 5.55. The third-order valence-corrected chi connectivity index (χ3v) is 2.22. The Morgan fingerprint density at radius 3 is 3.18 bits per heavy atom. The Hall–Kier alpha value is -2.38. The minimum Gasteiger partial charge on any atom is -0.373 e. The van der Waals surface area contributed by atoms with Crippen molar-refractivity contribution >= 4 is 11.5 Å². The zero-order chi connectivity index (χ0) is 12.3. The number of aromatic nitrogens is 4. The topological polar surface area (TPSA) is 102 Å². The Labute approximate surface area is 96.8 Å². The van der Waals surface area contributed by atoms with Crippen molar-refractivity contribution < 1.29 is 4.92 Å². The van der Waals surface area contributed by atoms with Crippen LogP contribution in [0.2, 0.25) is 0 Å². The monoisotopic (exact) mass is 236 g/mol. The summed E-state index contributed by atoms with van der Waals surface area (Å²) in [5.41, 5.74) is 0.384. The van der Waals surface area contributed by atoms with Crippen LogP contribution in [-0.2, 0) is 6.54 Å². The van der Waals surface area contributed by atoms with Crippen LogP contribution in [0.25, 0.3) is 0 Å². The molecule has 8 nitrogen and oxygen atoms in total. The van der Waals surface area contributed by atoms with E-state index in [9.17, 15) is 10.1 Å². The molecule has 0 saturated carbocycles. The standard InChI is InChI=1S/C9H12N6O2/c1-7(6-14-4-2-3-11-14)12-8-5-10-13-9(8)15(16)17/h2-5,7,12H,6H2,1H3,(H,10,13). The van der Waals surface area contributed by atoms with Crippen molar-refractivity contribution in [2.75, 3.05) is 5.32 Å². The van der Waals surface area contributed by atoms with Crippen LogP contribution >= 0.6 is 0 Å². The number of hydrogen-bond donors (Lipinski definition) is 2. The molecule has 2 aromatic rings. The Morgan fingerprint density at radius 1 is 1.71 bits per heavy atom. The lowest BCUT2D eigenvalue weighted by molar-refractivity contribution is -0.388. The van der Waals surface area contributed by atoms with Crippen molar-refractivity contribution in [2.45, 2.75) is 19.5 Å². The maximum Gasteiger partial charge on any atom is 0.366 e. The summed E-state index contributed by atoms with van der Waals surface area (Å²) < 4.78 is 1.75. The molecule has 8 heteroatoms. The Balaban J connectivity index is 2.00. The van der Waals surface area contributed by atoms with E-state index in [-0.39, 0.29) is 11.9 Å². The molecule has 0 fully saturated rings. The van der Waals surface area contributed by atoms with Gasteiger partial charge in [0.05, 0.1) is 6.54 Å². The third kappa shape index (κ3) is 2.60. The van der Waals surface area contributed by atoms with Gasteiger partial charge in [-0.05, 0) is 17.9 Å². The maximum absolute atomic E-state index is 10.7. The molecular formula is C9H12N6O2. The van der Waals surface area contributed by atoms with Crippen LogP contribution in [0.1, 0.15) is 6.92 Å². The Kier molecular flexibility index (Phi) is 3.03. The van der Waals surface area contributed by atoms with E-state index >= 15 is 0 Å². The third-order valence-electron chi connectivity index (χ3n) is 2.22. The molecular weight excluding hydrogens is 224 g/mol. The summed E-state index contributed by atoms with van der Waals surface area (Å²) in [5, 5.41) is 23.7. The average molecular weight is 236 g/mol. The van der Waals surface area contributed by atoms with E-state index in [1.807, 2.05) is 19.2 Å². The number of hydrogen-bond acceptors (Lipinski definition) is 5. The van der Waals surface area contributed by atoms with Gasteiger partial charge in [-0.25, -0.2) is 0 Å². The van der Waals surface area contributed by atoms with Crippen molar-refractivity contribution in [1.82, 2.24) is 20.0 Å². The normalized spacial score (nSPS) is 12.3. The van der Waals surface area contributed by atoms with Crippen LogP contribution in [0, 0.1) is 10.1 Å². The summed E-state index contributed by atoms with van der Waals surface area (Å²) in [7, 11) is 0. The van der Waals surface area contributed by atoms with Crippen molar-refractivity contribution in [1.29, 1.82) is 0 Å². The van der Waals surface area contributed by atoms with Crippen LogP contribution in [0.4, 0.5) is 11.5 Å².